The number of carboxylic acid groups (broad SMARTS) is 1. The van der Waals surface area contributed by atoms with Gasteiger partial charge in [0.25, 0.3) is 5.91 Å². The summed E-state index contributed by atoms with van der Waals surface area (Å²) < 4.78 is 0. The van der Waals surface area contributed by atoms with E-state index in [9.17, 15) is 19.5 Å². The Morgan fingerprint density at radius 1 is 1.30 bits per heavy atom. The first kappa shape index (κ1) is 15.3. The second kappa shape index (κ2) is 5.91. The number of amides is 3. The fourth-order valence-corrected chi connectivity index (χ4v) is 2.78. The van der Waals surface area contributed by atoms with Crippen LogP contribution < -0.4 is 10.2 Å². The van der Waals surface area contributed by atoms with E-state index < -0.39 is 12.0 Å². The van der Waals surface area contributed by atoms with Gasteiger partial charge in [0.05, 0.1) is 0 Å². The van der Waals surface area contributed by atoms with Gasteiger partial charge in [-0.15, -0.1) is 0 Å². The number of urea groups is 1. The summed E-state index contributed by atoms with van der Waals surface area (Å²) in [5.74, 6) is -1.28. The fraction of sp³-hybridized carbons (Fsp3) is 0.438. The van der Waals surface area contributed by atoms with Crippen molar-refractivity contribution in [2.45, 2.75) is 31.8 Å². The molecule has 1 aromatic carbocycles. The Hall–Kier alpha value is -2.57. The maximum atomic E-state index is 12.6. The van der Waals surface area contributed by atoms with Crippen LogP contribution >= 0.6 is 0 Å². The van der Waals surface area contributed by atoms with Gasteiger partial charge in [-0.05, 0) is 44.0 Å². The van der Waals surface area contributed by atoms with Gasteiger partial charge in [-0.25, -0.2) is 9.59 Å². The summed E-state index contributed by atoms with van der Waals surface area (Å²) in [6.07, 6.45) is 1.69. The maximum Gasteiger partial charge on any atom is 0.326 e. The van der Waals surface area contributed by atoms with Gasteiger partial charge >= 0.3 is 12.0 Å². The molecule has 122 valence electrons. The SMILES string of the molecule is CC(C(=O)O)N(C(=O)c1ccc(N2CCNC2=O)cc1)C1CC1. The lowest BCUT2D eigenvalue weighted by Crippen LogP contribution is -2.44. The summed E-state index contributed by atoms with van der Waals surface area (Å²) in [6, 6.07) is 5.74. The summed E-state index contributed by atoms with van der Waals surface area (Å²) in [5.41, 5.74) is 1.16. The highest BCUT2D eigenvalue weighted by molar-refractivity contribution is 5.98. The van der Waals surface area contributed by atoms with Crippen LogP contribution in [0.5, 0.6) is 0 Å². The Labute approximate surface area is 133 Å². The topological polar surface area (TPSA) is 89.9 Å². The fourth-order valence-electron chi connectivity index (χ4n) is 2.78. The highest BCUT2D eigenvalue weighted by Crippen LogP contribution is 2.30. The third kappa shape index (κ3) is 2.99. The minimum absolute atomic E-state index is 0.0117. The predicted molar refractivity (Wildman–Crippen MR) is 83.5 cm³/mol. The molecule has 1 atom stereocenters. The van der Waals surface area contributed by atoms with E-state index in [-0.39, 0.29) is 18.0 Å². The quantitative estimate of drug-likeness (QED) is 0.856. The van der Waals surface area contributed by atoms with Gasteiger partial charge in [0, 0.05) is 30.4 Å². The molecule has 7 nitrogen and oxygen atoms in total. The summed E-state index contributed by atoms with van der Waals surface area (Å²) in [4.78, 5) is 38.6. The third-order valence-electron chi connectivity index (χ3n) is 4.23. The van der Waals surface area contributed by atoms with Crippen molar-refractivity contribution in [3.05, 3.63) is 29.8 Å². The second-order valence-corrected chi connectivity index (χ2v) is 5.89. The molecule has 2 N–H and O–H groups in total. The first-order chi connectivity index (χ1) is 11.0. The number of hydrogen-bond acceptors (Lipinski definition) is 3. The minimum atomic E-state index is -1.00. The highest BCUT2D eigenvalue weighted by Gasteiger charge is 2.38. The van der Waals surface area contributed by atoms with E-state index >= 15 is 0 Å². The number of carboxylic acids is 1. The molecule has 0 radical (unpaired) electrons. The minimum Gasteiger partial charge on any atom is -0.480 e. The average molecular weight is 317 g/mol. The van der Waals surface area contributed by atoms with Crippen LogP contribution in [0.1, 0.15) is 30.1 Å². The molecule has 2 fully saturated rings. The summed E-state index contributed by atoms with van der Waals surface area (Å²) in [6.45, 7) is 2.73. The number of hydrogen-bond donors (Lipinski definition) is 2. The third-order valence-corrected chi connectivity index (χ3v) is 4.23. The average Bonchev–Trinajstić information content (AvgIpc) is 3.28. The van der Waals surface area contributed by atoms with Crippen LogP contribution in [0.4, 0.5) is 10.5 Å². The molecule has 2 aliphatic rings. The van der Waals surface area contributed by atoms with Crippen molar-refractivity contribution in [1.82, 2.24) is 10.2 Å². The monoisotopic (exact) mass is 317 g/mol. The molecular weight excluding hydrogens is 298 g/mol. The molecule has 0 bridgehead atoms. The first-order valence-corrected chi connectivity index (χ1v) is 7.70. The molecule has 7 heteroatoms. The first-order valence-electron chi connectivity index (χ1n) is 7.70. The van der Waals surface area contributed by atoms with Crippen molar-refractivity contribution in [1.29, 1.82) is 0 Å². The van der Waals surface area contributed by atoms with Crippen molar-refractivity contribution in [2.24, 2.45) is 0 Å². The van der Waals surface area contributed by atoms with Gasteiger partial charge in [-0.1, -0.05) is 0 Å². The number of benzene rings is 1. The Balaban J connectivity index is 1.79. The Morgan fingerprint density at radius 3 is 2.43 bits per heavy atom. The van der Waals surface area contributed by atoms with E-state index in [1.54, 1.807) is 29.2 Å². The van der Waals surface area contributed by atoms with Crippen molar-refractivity contribution in [3.63, 3.8) is 0 Å². The van der Waals surface area contributed by atoms with Gasteiger partial charge < -0.3 is 15.3 Å². The standard InChI is InChI=1S/C16H19N3O4/c1-10(15(21)22)19(13-6-7-13)14(20)11-2-4-12(5-3-11)18-9-8-17-16(18)23/h2-5,10,13H,6-9H2,1H3,(H,17,23)(H,21,22). The molecule has 1 saturated carbocycles. The van der Waals surface area contributed by atoms with Crippen molar-refractivity contribution in [2.75, 3.05) is 18.0 Å². The zero-order valence-corrected chi connectivity index (χ0v) is 12.9. The van der Waals surface area contributed by atoms with Crippen molar-refractivity contribution in [3.8, 4) is 0 Å². The molecule has 1 aliphatic carbocycles. The molecule has 1 aromatic rings. The lowest BCUT2D eigenvalue weighted by atomic mass is 10.1. The number of rotatable bonds is 5. The molecular formula is C16H19N3O4. The summed E-state index contributed by atoms with van der Waals surface area (Å²) >= 11 is 0. The zero-order chi connectivity index (χ0) is 16.6. The highest BCUT2D eigenvalue weighted by atomic mass is 16.4. The lowest BCUT2D eigenvalue weighted by molar-refractivity contribution is -0.141. The smallest absolute Gasteiger partial charge is 0.326 e. The van der Waals surface area contributed by atoms with Gasteiger partial charge in [-0.2, -0.15) is 0 Å². The number of nitrogens with one attached hydrogen (secondary N) is 1. The normalized spacial score (nSPS) is 18.5. The molecule has 0 aromatic heterocycles. The van der Waals surface area contributed by atoms with E-state index in [0.717, 1.165) is 18.5 Å². The number of anilines is 1. The number of nitrogens with zero attached hydrogens (tertiary/aromatic N) is 2. The van der Waals surface area contributed by atoms with Crippen LogP contribution in [0.3, 0.4) is 0 Å². The van der Waals surface area contributed by atoms with Gasteiger partial charge in [0.1, 0.15) is 6.04 Å². The molecule has 1 heterocycles. The molecule has 3 rings (SSSR count). The molecule has 1 aliphatic heterocycles. The lowest BCUT2D eigenvalue weighted by Gasteiger charge is -2.26. The van der Waals surface area contributed by atoms with Gasteiger partial charge in [0.2, 0.25) is 0 Å². The van der Waals surface area contributed by atoms with Crippen LogP contribution in [-0.4, -0.2) is 53.1 Å². The number of aliphatic carboxylic acids is 1. The van der Waals surface area contributed by atoms with Crippen LogP contribution in [0.15, 0.2) is 24.3 Å². The van der Waals surface area contributed by atoms with E-state index in [4.69, 9.17) is 0 Å². The second-order valence-electron chi connectivity index (χ2n) is 5.89. The number of carbonyl (C=O) groups is 3. The van der Waals surface area contributed by atoms with Crippen LogP contribution in [-0.2, 0) is 4.79 Å². The van der Waals surface area contributed by atoms with E-state index in [1.807, 2.05) is 0 Å². The Bertz CT molecular complexity index is 639. The predicted octanol–water partition coefficient (Wildman–Crippen LogP) is 1.29. The van der Waals surface area contributed by atoms with E-state index in [0.29, 0.717) is 18.7 Å². The largest absolute Gasteiger partial charge is 0.480 e. The van der Waals surface area contributed by atoms with Crippen molar-refractivity contribution < 1.29 is 19.5 Å². The number of carbonyl (C=O) groups excluding carboxylic acids is 2. The van der Waals surface area contributed by atoms with Gasteiger partial charge in [0.15, 0.2) is 0 Å². The van der Waals surface area contributed by atoms with E-state index in [2.05, 4.69) is 5.32 Å². The summed E-state index contributed by atoms with van der Waals surface area (Å²) in [7, 11) is 0. The van der Waals surface area contributed by atoms with Crippen LogP contribution in [0.25, 0.3) is 0 Å². The maximum absolute atomic E-state index is 12.6. The molecule has 23 heavy (non-hydrogen) atoms. The van der Waals surface area contributed by atoms with Gasteiger partial charge in [-0.3, -0.25) is 9.69 Å². The van der Waals surface area contributed by atoms with Crippen molar-refractivity contribution >= 4 is 23.6 Å². The Kier molecular flexibility index (Phi) is 3.94. The summed E-state index contributed by atoms with van der Waals surface area (Å²) in [5, 5.41) is 11.9. The Morgan fingerprint density at radius 2 is 1.96 bits per heavy atom. The molecule has 0 spiro atoms. The molecule has 1 unspecified atom stereocenters. The van der Waals surface area contributed by atoms with Crippen LogP contribution in [0, 0.1) is 0 Å². The molecule has 3 amide bonds. The van der Waals surface area contributed by atoms with Crippen LogP contribution in [0.2, 0.25) is 0 Å². The molecule has 1 saturated heterocycles. The zero-order valence-electron chi connectivity index (χ0n) is 12.9. The van der Waals surface area contributed by atoms with E-state index in [1.165, 1.54) is 11.8 Å².